The zero-order valence-corrected chi connectivity index (χ0v) is 23.0. The van der Waals surface area contributed by atoms with Gasteiger partial charge in [-0.25, -0.2) is 0 Å². The first-order chi connectivity index (χ1) is 17.1. The van der Waals surface area contributed by atoms with Crippen molar-refractivity contribution < 1.29 is 23.5 Å². The van der Waals surface area contributed by atoms with E-state index >= 15 is 0 Å². The number of benzene rings is 2. The minimum absolute atomic E-state index is 0.0506. The Morgan fingerprint density at radius 3 is 2.25 bits per heavy atom. The van der Waals surface area contributed by atoms with E-state index in [0.717, 1.165) is 10.0 Å². The number of hydrogen-bond acceptors (Lipinski definition) is 5. The Kier molecular flexibility index (Phi) is 9.20. The van der Waals surface area contributed by atoms with Crippen molar-refractivity contribution in [1.82, 2.24) is 9.80 Å². The molecule has 0 aliphatic heterocycles. The van der Waals surface area contributed by atoms with Crippen LogP contribution in [-0.2, 0) is 17.8 Å². The summed E-state index contributed by atoms with van der Waals surface area (Å²) in [6.07, 6.45) is 2.19. The van der Waals surface area contributed by atoms with Gasteiger partial charge in [-0.1, -0.05) is 22.0 Å². The van der Waals surface area contributed by atoms with Gasteiger partial charge in [-0.15, -0.1) is 0 Å². The number of amides is 2. The van der Waals surface area contributed by atoms with Crippen LogP contribution in [0.5, 0.6) is 11.5 Å². The first kappa shape index (κ1) is 27.3. The van der Waals surface area contributed by atoms with E-state index < -0.39 is 5.54 Å². The van der Waals surface area contributed by atoms with Crippen LogP contribution in [0.4, 0.5) is 0 Å². The molecule has 2 aromatic carbocycles. The number of rotatable bonds is 10. The van der Waals surface area contributed by atoms with Gasteiger partial charge < -0.3 is 23.7 Å². The zero-order valence-electron chi connectivity index (χ0n) is 21.4. The minimum Gasteiger partial charge on any atom is -0.493 e. The zero-order chi connectivity index (χ0) is 26.3. The maximum atomic E-state index is 13.6. The number of halogens is 1. The van der Waals surface area contributed by atoms with Crippen molar-refractivity contribution in [2.45, 2.75) is 39.3 Å². The quantitative estimate of drug-likeness (QED) is 0.326. The summed E-state index contributed by atoms with van der Waals surface area (Å²) in [5.74, 6) is 1.61. The number of methoxy groups -OCH3 is 2. The van der Waals surface area contributed by atoms with Crippen molar-refractivity contribution in [3.8, 4) is 11.5 Å². The van der Waals surface area contributed by atoms with Crippen molar-refractivity contribution in [3.63, 3.8) is 0 Å². The second kappa shape index (κ2) is 12.1. The summed E-state index contributed by atoms with van der Waals surface area (Å²) in [5.41, 5.74) is 0.979. The molecule has 0 spiro atoms. The Labute approximate surface area is 221 Å². The normalized spacial score (nSPS) is 11.2. The van der Waals surface area contributed by atoms with Crippen LogP contribution in [0.3, 0.4) is 0 Å². The Morgan fingerprint density at radius 1 is 0.972 bits per heavy atom. The molecule has 1 heterocycles. The van der Waals surface area contributed by atoms with Crippen LogP contribution in [-0.4, -0.2) is 54.5 Å². The van der Waals surface area contributed by atoms with E-state index in [1.54, 1.807) is 48.5 Å². The van der Waals surface area contributed by atoms with Crippen molar-refractivity contribution in [2.75, 3.05) is 27.3 Å². The third-order valence-electron chi connectivity index (χ3n) is 5.84. The minimum atomic E-state index is -0.556. The van der Waals surface area contributed by atoms with Crippen molar-refractivity contribution in [3.05, 3.63) is 82.2 Å². The van der Waals surface area contributed by atoms with Crippen LogP contribution in [0, 0.1) is 0 Å². The van der Waals surface area contributed by atoms with E-state index in [0.29, 0.717) is 42.3 Å². The van der Waals surface area contributed by atoms with Gasteiger partial charge in [0, 0.05) is 22.1 Å². The molecule has 0 saturated heterocycles. The van der Waals surface area contributed by atoms with Crippen molar-refractivity contribution in [2.24, 2.45) is 0 Å². The Morgan fingerprint density at radius 2 is 1.67 bits per heavy atom. The number of carbonyl (C=O) groups excluding carboxylic acids is 2. The second-order valence-corrected chi connectivity index (χ2v) is 10.3. The van der Waals surface area contributed by atoms with E-state index in [2.05, 4.69) is 15.9 Å². The molecule has 0 radical (unpaired) electrons. The summed E-state index contributed by atoms with van der Waals surface area (Å²) in [6, 6.07) is 16.5. The predicted molar refractivity (Wildman–Crippen MR) is 142 cm³/mol. The molecular formula is C28H33BrN2O5. The van der Waals surface area contributed by atoms with Gasteiger partial charge in [0.15, 0.2) is 11.5 Å². The average molecular weight is 557 g/mol. The summed E-state index contributed by atoms with van der Waals surface area (Å²) in [4.78, 5) is 30.3. The van der Waals surface area contributed by atoms with Gasteiger partial charge in [0.05, 0.1) is 27.0 Å². The third kappa shape index (κ3) is 7.13. The number of nitrogens with zero attached hydrogens (tertiary/aromatic N) is 2. The molecule has 0 N–H and O–H groups in total. The fourth-order valence-corrected chi connectivity index (χ4v) is 4.04. The fourth-order valence-electron chi connectivity index (χ4n) is 3.78. The molecule has 3 aromatic rings. The lowest BCUT2D eigenvalue weighted by molar-refractivity contribution is -0.133. The fraction of sp³-hybridized carbons (Fsp3) is 0.357. The molecule has 0 saturated carbocycles. The smallest absolute Gasteiger partial charge is 0.254 e. The van der Waals surface area contributed by atoms with Crippen LogP contribution in [0.15, 0.2) is 69.8 Å². The molecule has 0 aliphatic rings. The summed E-state index contributed by atoms with van der Waals surface area (Å²) in [5, 5.41) is 0. The third-order valence-corrected chi connectivity index (χ3v) is 6.37. The maximum absolute atomic E-state index is 13.6. The van der Waals surface area contributed by atoms with Gasteiger partial charge >= 0.3 is 0 Å². The molecule has 192 valence electrons. The van der Waals surface area contributed by atoms with E-state index in [4.69, 9.17) is 13.9 Å². The molecule has 1 aromatic heterocycles. The number of furan rings is 1. The highest BCUT2D eigenvalue weighted by molar-refractivity contribution is 9.10. The first-order valence-electron chi connectivity index (χ1n) is 11.7. The molecule has 0 unspecified atom stereocenters. The molecule has 2 amide bonds. The molecule has 36 heavy (non-hydrogen) atoms. The van der Waals surface area contributed by atoms with Crippen LogP contribution >= 0.6 is 15.9 Å². The maximum Gasteiger partial charge on any atom is 0.254 e. The molecule has 8 heteroatoms. The average Bonchev–Trinajstić information content (AvgIpc) is 3.37. The molecule has 7 nitrogen and oxygen atoms in total. The van der Waals surface area contributed by atoms with Gasteiger partial charge in [0.25, 0.3) is 5.91 Å². The Bertz CT molecular complexity index is 1150. The van der Waals surface area contributed by atoms with Crippen molar-refractivity contribution >= 4 is 27.7 Å². The molecule has 0 aliphatic carbocycles. The lowest BCUT2D eigenvalue weighted by Gasteiger charge is -2.36. The number of ether oxygens (including phenoxy) is 2. The molecule has 0 bridgehead atoms. The lowest BCUT2D eigenvalue weighted by Crippen LogP contribution is -2.51. The van der Waals surface area contributed by atoms with Crippen molar-refractivity contribution in [1.29, 1.82) is 0 Å². The monoisotopic (exact) mass is 556 g/mol. The molecule has 0 atom stereocenters. The van der Waals surface area contributed by atoms with E-state index in [9.17, 15) is 9.59 Å². The van der Waals surface area contributed by atoms with Gasteiger partial charge in [-0.2, -0.15) is 0 Å². The van der Waals surface area contributed by atoms with Crippen LogP contribution in [0.2, 0.25) is 0 Å². The standard InChI is InChI=1S/C28H33BrN2O5/c1-28(2,3)31(27(33)21-9-11-22(29)12-10-21)19-26(32)30(18-23-7-6-16-36-23)15-14-20-8-13-24(34-4)25(17-20)35-5/h6-13,16-17H,14-15,18-19H2,1-5H3. The van der Waals surface area contributed by atoms with E-state index in [1.165, 1.54) is 0 Å². The van der Waals surface area contributed by atoms with Crippen LogP contribution in [0.25, 0.3) is 0 Å². The van der Waals surface area contributed by atoms with Crippen LogP contribution in [0.1, 0.15) is 42.5 Å². The number of hydrogen-bond donors (Lipinski definition) is 0. The molecule has 3 rings (SSSR count). The second-order valence-electron chi connectivity index (χ2n) is 9.40. The summed E-state index contributed by atoms with van der Waals surface area (Å²) in [7, 11) is 3.19. The number of carbonyl (C=O) groups is 2. The highest BCUT2D eigenvalue weighted by atomic mass is 79.9. The van der Waals surface area contributed by atoms with Gasteiger partial charge in [0.2, 0.25) is 5.91 Å². The van der Waals surface area contributed by atoms with E-state index in [1.807, 2.05) is 57.2 Å². The highest BCUT2D eigenvalue weighted by Crippen LogP contribution is 2.28. The topological polar surface area (TPSA) is 72.2 Å². The predicted octanol–water partition coefficient (Wildman–Crippen LogP) is 5.57. The highest BCUT2D eigenvalue weighted by Gasteiger charge is 2.31. The largest absolute Gasteiger partial charge is 0.493 e. The summed E-state index contributed by atoms with van der Waals surface area (Å²) in [6.45, 7) is 6.49. The summed E-state index contributed by atoms with van der Waals surface area (Å²) >= 11 is 3.40. The first-order valence-corrected chi connectivity index (χ1v) is 12.5. The Hall–Kier alpha value is -3.26. The molecular weight excluding hydrogens is 524 g/mol. The summed E-state index contributed by atoms with van der Waals surface area (Å²) < 4.78 is 17.1. The van der Waals surface area contributed by atoms with Crippen LogP contribution < -0.4 is 9.47 Å². The van der Waals surface area contributed by atoms with Gasteiger partial charge in [-0.3, -0.25) is 9.59 Å². The van der Waals surface area contributed by atoms with Gasteiger partial charge in [-0.05, 0) is 81.3 Å². The lowest BCUT2D eigenvalue weighted by atomic mass is 10.0. The molecule has 0 fully saturated rings. The van der Waals surface area contributed by atoms with Gasteiger partial charge in [0.1, 0.15) is 12.3 Å². The van der Waals surface area contributed by atoms with E-state index in [-0.39, 0.29) is 18.4 Å². The SMILES string of the molecule is COc1ccc(CCN(Cc2ccco2)C(=O)CN(C(=O)c2ccc(Br)cc2)C(C)(C)C)cc1OC. The Balaban J connectivity index is 1.80.